The average molecular weight is 209 g/mol. The van der Waals surface area contributed by atoms with Gasteiger partial charge in [-0.3, -0.25) is 5.41 Å². The van der Waals surface area contributed by atoms with E-state index in [2.05, 4.69) is 0 Å². The summed E-state index contributed by atoms with van der Waals surface area (Å²) in [6.45, 7) is 0.443. The van der Waals surface area contributed by atoms with Gasteiger partial charge in [0, 0.05) is 0 Å². The monoisotopic (exact) mass is 209 g/mol. The number of hydrogen-bond acceptors (Lipinski definition) is 4. The quantitative estimate of drug-likeness (QED) is 0.596. The van der Waals surface area contributed by atoms with Gasteiger partial charge in [-0.1, -0.05) is 0 Å². The van der Waals surface area contributed by atoms with Gasteiger partial charge in [0.1, 0.15) is 11.5 Å². The standard InChI is InChI=1S/C11H15NO3/c1-13-9-3-5-10(6-4-9)15-8-7-11(12)14-2/h3-6,12H,7-8H2,1-2H3. The molecule has 1 aromatic rings. The lowest BCUT2D eigenvalue weighted by atomic mass is 10.3. The first-order valence-electron chi connectivity index (χ1n) is 4.64. The molecule has 0 bridgehead atoms. The van der Waals surface area contributed by atoms with E-state index in [0.29, 0.717) is 13.0 Å². The maximum Gasteiger partial charge on any atom is 0.183 e. The molecule has 4 heteroatoms. The molecule has 0 amide bonds. The Hall–Kier alpha value is -1.71. The molecular formula is C11H15NO3. The summed E-state index contributed by atoms with van der Waals surface area (Å²) in [4.78, 5) is 0. The summed E-state index contributed by atoms with van der Waals surface area (Å²) in [5.74, 6) is 1.79. The van der Waals surface area contributed by atoms with Gasteiger partial charge < -0.3 is 14.2 Å². The third-order valence-corrected chi connectivity index (χ3v) is 1.90. The number of nitrogens with one attached hydrogen (secondary N) is 1. The van der Waals surface area contributed by atoms with Crippen molar-refractivity contribution in [1.82, 2.24) is 0 Å². The minimum Gasteiger partial charge on any atom is -0.497 e. The summed E-state index contributed by atoms with van der Waals surface area (Å²) in [7, 11) is 3.10. The smallest absolute Gasteiger partial charge is 0.183 e. The Morgan fingerprint density at radius 3 is 2.27 bits per heavy atom. The molecule has 0 fully saturated rings. The van der Waals surface area contributed by atoms with Crippen molar-refractivity contribution in [2.75, 3.05) is 20.8 Å². The first-order chi connectivity index (χ1) is 7.26. The van der Waals surface area contributed by atoms with E-state index in [1.54, 1.807) is 7.11 Å². The normalized spacial score (nSPS) is 9.47. The summed E-state index contributed by atoms with van der Waals surface area (Å²) in [5.41, 5.74) is 0. The van der Waals surface area contributed by atoms with Gasteiger partial charge in [-0.15, -0.1) is 0 Å². The molecule has 1 rings (SSSR count). The number of rotatable bonds is 5. The largest absolute Gasteiger partial charge is 0.497 e. The van der Waals surface area contributed by atoms with E-state index in [1.165, 1.54) is 7.11 Å². The van der Waals surface area contributed by atoms with Gasteiger partial charge in [0.2, 0.25) is 0 Å². The maximum atomic E-state index is 7.24. The van der Waals surface area contributed by atoms with Gasteiger partial charge in [-0.05, 0) is 24.3 Å². The zero-order valence-electron chi connectivity index (χ0n) is 8.95. The zero-order valence-corrected chi connectivity index (χ0v) is 8.95. The molecule has 0 saturated carbocycles. The zero-order chi connectivity index (χ0) is 11.1. The molecule has 0 unspecified atom stereocenters. The van der Waals surface area contributed by atoms with Crippen molar-refractivity contribution in [1.29, 1.82) is 5.41 Å². The van der Waals surface area contributed by atoms with Crippen molar-refractivity contribution < 1.29 is 14.2 Å². The van der Waals surface area contributed by atoms with Crippen molar-refractivity contribution >= 4 is 5.90 Å². The molecule has 1 N–H and O–H groups in total. The SMILES string of the molecule is COC(=N)CCOc1ccc(OC)cc1. The van der Waals surface area contributed by atoms with Gasteiger partial charge in [-0.25, -0.2) is 0 Å². The Bertz CT molecular complexity index is 308. The van der Waals surface area contributed by atoms with Crippen molar-refractivity contribution in [2.24, 2.45) is 0 Å². The summed E-state index contributed by atoms with van der Waals surface area (Å²) in [6, 6.07) is 7.32. The Balaban J connectivity index is 2.34. The molecule has 15 heavy (non-hydrogen) atoms. The fourth-order valence-electron chi connectivity index (χ4n) is 1.04. The molecular weight excluding hydrogens is 194 g/mol. The predicted octanol–water partition coefficient (Wildman–Crippen LogP) is 2.09. The van der Waals surface area contributed by atoms with Crippen LogP contribution >= 0.6 is 0 Å². The average Bonchev–Trinajstić information content (AvgIpc) is 2.29. The van der Waals surface area contributed by atoms with E-state index in [-0.39, 0.29) is 5.90 Å². The lowest BCUT2D eigenvalue weighted by molar-refractivity contribution is 0.306. The molecule has 0 saturated heterocycles. The second kappa shape index (κ2) is 5.90. The molecule has 0 heterocycles. The van der Waals surface area contributed by atoms with E-state index in [1.807, 2.05) is 24.3 Å². The molecule has 0 spiro atoms. The number of methoxy groups -OCH3 is 2. The minimum atomic E-state index is 0.225. The molecule has 0 aromatic heterocycles. The van der Waals surface area contributed by atoms with Crippen LogP contribution in [0.4, 0.5) is 0 Å². The van der Waals surface area contributed by atoms with Crippen LogP contribution in [-0.4, -0.2) is 26.7 Å². The fraction of sp³-hybridized carbons (Fsp3) is 0.364. The molecule has 0 aliphatic carbocycles. The Morgan fingerprint density at radius 2 is 1.73 bits per heavy atom. The van der Waals surface area contributed by atoms with Gasteiger partial charge >= 0.3 is 0 Å². The van der Waals surface area contributed by atoms with E-state index < -0.39 is 0 Å². The highest BCUT2D eigenvalue weighted by Gasteiger charge is 1.97. The van der Waals surface area contributed by atoms with Crippen LogP contribution in [0.25, 0.3) is 0 Å². The molecule has 0 radical (unpaired) electrons. The van der Waals surface area contributed by atoms with Crippen molar-refractivity contribution in [3.8, 4) is 11.5 Å². The predicted molar refractivity (Wildman–Crippen MR) is 57.8 cm³/mol. The van der Waals surface area contributed by atoms with Crippen LogP contribution in [0.3, 0.4) is 0 Å². The number of ether oxygens (including phenoxy) is 3. The van der Waals surface area contributed by atoms with Crippen LogP contribution in [0, 0.1) is 5.41 Å². The first-order valence-corrected chi connectivity index (χ1v) is 4.64. The summed E-state index contributed by atoms with van der Waals surface area (Å²) < 4.78 is 15.1. The molecule has 0 atom stereocenters. The molecule has 4 nitrogen and oxygen atoms in total. The first kappa shape index (κ1) is 11.4. The fourth-order valence-corrected chi connectivity index (χ4v) is 1.04. The van der Waals surface area contributed by atoms with Crippen LogP contribution < -0.4 is 9.47 Å². The highest BCUT2D eigenvalue weighted by atomic mass is 16.5. The Kier molecular flexibility index (Phi) is 4.47. The lowest BCUT2D eigenvalue weighted by Crippen LogP contribution is -2.06. The minimum absolute atomic E-state index is 0.225. The number of hydrogen-bond donors (Lipinski definition) is 1. The molecule has 0 aliphatic heterocycles. The molecule has 1 aromatic carbocycles. The van der Waals surface area contributed by atoms with Crippen LogP contribution in [-0.2, 0) is 4.74 Å². The van der Waals surface area contributed by atoms with Crippen LogP contribution in [0.5, 0.6) is 11.5 Å². The van der Waals surface area contributed by atoms with Crippen molar-refractivity contribution in [3.63, 3.8) is 0 Å². The van der Waals surface area contributed by atoms with Gasteiger partial charge in [-0.2, -0.15) is 0 Å². The second-order valence-corrected chi connectivity index (χ2v) is 2.90. The van der Waals surface area contributed by atoms with Gasteiger partial charge in [0.15, 0.2) is 5.90 Å². The van der Waals surface area contributed by atoms with Crippen LogP contribution in [0.15, 0.2) is 24.3 Å². The molecule has 0 aliphatic rings. The topological polar surface area (TPSA) is 51.5 Å². The van der Waals surface area contributed by atoms with Gasteiger partial charge in [0.05, 0.1) is 27.2 Å². The Labute approximate surface area is 89.3 Å². The van der Waals surface area contributed by atoms with Crippen LogP contribution in [0.2, 0.25) is 0 Å². The van der Waals surface area contributed by atoms with E-state index >= 15 is 0 Å². The van der Waals surface area contributed by atoms with Crippen molar-refractivity contribution in [2.45, 2.75) is 6.42 Å². The number of benzene rings is 1. The van der Waals surface area contributed by atoms with Crippen molar-refractivity contribution in [3.05, 3.63) is 24.3 Å². The highest BCUT2D eigenvalue weighted by Crippen LogP contribution is 2.16. The van der Waals surface area contributed by atoms with Gasteiger partial charge in [0.25, 0.3) is 0 Å². The third-order valence-electron chi connectivity index (χ3n) is 1.90. The lowest BCUT2D eigenvalue weighted by Gasteiger charge is -2.06. The second-order valence-electron chi connectivity index (χ2n) is 2.90. The van der Waals surface area contributed by atoms with E-state index in [9.17, 15) is 0 Å². The van der Waals surface area contributed by atoms with E-state index in [4.69, 9.17) is 19.6 Å². The Morgan fingerprint density at radius 1 is 1.13 bits per heavy atom. The van der Waals surface area contributed by atoms with Crippen LogP contribution in [0.1, 0.15) is 6.42 Å². The highest BCUT2D eigenvalue weighted by molar-refractivity contribution is 5.72. The summed E-state index contributed by atoms with van der Waals surface area (Å²) in [5, 5.41) is 7.24. The maximum absolute atomic E-state index is 7.24. The van der Waals surface area contributed by atoms with E-state index in [0.717, 1.165) is 11.5 Å². The summed E-state index contributed by atoms with van der Waals surface area (Å²) in [6.07, 6.45) is 0.475. The summed E-state index contributed by atoms with van der Waals surface area (Å²) >= 11 is 0. The molecule has 82 valence electrons. The third kappa shape index (κ3) is 3.89.